The molecule has 2 aromatic rings. The summed E-state index contributed by atoms with van der Waals surface area (Å²) in [5.74, 6) is 0.151. The number of anilines is 1. The second kappa shape index (κ2) is 8.86. The summed E-state index contributed by atoms with van der Waals surface area (Å²) in [7, 11) is 0. The summed E-state index contributed by atoms with van der Waals surface area (Å²) in [6.45, 7) is 10.5. The number of benzene rings is 1. The van der Waals surface area contributed by atoms with Crippen molar-refractivity contribution in [1.82, 2.24) is 4.57 Å². The number of ketones is 1. The Labute approximate surface area is 160 Å². The average molecular weight is 372 g/mol. The van der Waals surface area contributed by atoms with Crippen molar-refractivity contribution < 1.29 is 4.79 Å². The fourth-order valence-electron chi connectivity index (χ4n) is 2.93. The lowest BCUT2D eigenvalue weighted by molar-refractivity contribution is -0.116. The lowest BCUT2D eigenvalue weighted by atomic mass is 10.1. The summed E-state index contributed by atoms with van der Waals surface area (Å²) in [5.41, 5.74) is 4.10. The van der Waals surface area contributed by atoms with Crippen LogP contribution in [0, 0.1) is 12.3 Å². The molecule has 0 atom stereocenters. The van der Waals surface area contributed by atoms with Crippen LogP contribution in [0.4, 0.5) is 5.69 Å². The van der Waals surface area contributed by atoms with Crippen molar-refractivity contribution in [2.75, 3.05) is 11.4 Å². The van der Waals surface area contributed by atoms with Crippen LogP contribution in [0.5, 0.6) is 0 Å². The minimum Gasteiger partial charge on any atom is -0.345 e. The summed E-state index contributed by atoms with van der Waals surface area (Å²) in [6, 6.07) is 9.32. The molecule has 1 heterocycles. The topological polar surface area (TPSA) is 49.1 Å². The molecule has 0 radical (unpaired) electrons. The van der Waals surface area contributed by atoms with Gasteiger partial charge in [-0.3, -0.25) is 10.2 Å². The lowest BCUT2D eigenvalue weighted by Crippen LogP contribution is -2.26. The monoisotopic (exact) mass is 371 g/mol. The quantitative estimate of drug-likeness (QED) is 0.708. The van der Waals surface area contributed by atoms with E-state index in [9.17, 15) is 4.79 Å². The van der Waals surface area contributed by atoms with Gasteiger partial charge in [0.1, 0.15) is 11.3 Å². The van der Waals surface area contributed by atoms with Gasteiger partial charge in [0.15, 0.2) is 0 Å². The zero-order valence-corrected chi connectivity index (χ0v) is 16.4. The predicted octanol–water partition coefficient (Wildman–Crippen LogP) is 5.02. The van der Waals surface area contributed by atoms with Crippen molar-refractivity contribution in [2.24, 2.45) is 0 Å². The van der Waals surface area contributed by atoms with Crippen molar-refractivity contribution >= 4 is 23.1 Å². The molecule has 138 valence electrons. The molecule has 1 N–H and O–H groups in total. The second-order valence-electron chi connectivity index (χ2n) is 6.47. The molecule has 0 saturated carbocycles. The van der Waals surface area contributed by atoms with Crippen LogP contribution < -0.4 is 10.4 Å². The molecule has 0 bridgehead atoms. The van der Waals surface area contributed by atoms with Gasteiger partial charge in [0.25, 0.3) is 0 Å². The highest BCUT2D eigenvalue weighted by molar-refractivity contribution is 6.32. The molecule has 0 unspecified atom stereocenters. The number of aryl methyl sites for hydroxylation is 1. The molecule has 0 amide bonds. The number of hydrogen-bond acceptors (Lipinski definition) is 3. The van der Waals surface area contributed by atoms with Crippen LogP contribution in [0.1, 0.15) is 38.7 Å². The van der Waals surface area contributed by atoms with E-state index in [1.54, 1.807) is 17.6 Å². The maximum atomic E-state index is 11.5. The van der Waals surface area contributed by atoms with E-state index in [2.05, 4.69) is 18.4 Å². The molecule has 1 aromatic carbocycles. The first-order valence-electron chi connectivity index (χ1n) is 8.82. The highest BCUT2D eigenvalue weighted by atomic mass is 35.5. The molecule has 1 aromatic heterocycles. The second-order valence-corrected chi connectivity index (χ2v) is 6.87. The normalized spacial score (nSPS) is 10.6. The van der Waals surface area contributed by atoms with Crippen molar-refractivity contribution in [3.8, 4) is 5.69 Å². The minimum absolute atomic E-state index is 0.151. The SMILES string of the molecule is C=C(CCC)N(CCC(C)=O)c1cc(Cl)c(-n2ccccc2=N)cc1C. The fourth-order valence-corrected chi connectivity index (χ4v) is 3.17. The molecular weight excluding hydrogens is 346 g/mol. The summed E-state index contributed by atoms with van der Waals surface area (Å²) < 4.78 is 1.75. The molecular formula is C21H26ClN3O. The molecule has 5 heteroatoms. The maximum absolute atomic E-state index is 11.5. The van der Waals surface area contributed by atoms with E-state index in [1.807, 2.05) is 37.4 Å². The standard InChI is InChI=1S/C21H26ClN3O/c1-5-8-16(3)24(12-10-17(4)26)19-14-18(22)20(13-15(19)2)25-11-7-6-9-21(25)23/h6-7,9,11,13-14,23H,3,5,8,10,12H2,1-2,4H3. The Kier molecular flexibility index (Phi) is 6.81. The number of Topliss-reactive ketones (excluding diaryl/α,β-unsaturated/α-hetero) is 1. The number of carbonyl (C=O) groups is 1. The smallest absolute Gasteiger partial charge is 0.131 e. The largest absolute Gasteiger partial charge is 0.345 e. The van der Waals surface area contributed by atoms with Crippen LogP contribution in [-0.4, -0.2) is 16.9 Å². The van der Waals surface area contributed by atoms with Crippen molar-refractivity contribution in [3.05, 3.63) is 64.9 Å². The minimum atomic E-state index is 0.151. The Morgan fingerprint density at radius 1 is 1.31 bits per heavy atom. The number of pyridine rings is 1. The number of carbonyl (C=O) groups excluding carboxylic acids is 1. The molecule has 0 fully saturated rings. The van der Waals surface area contributed by atoms with Gasteiger partial charge in [-0.2, -0.15) is 0 Å². The van der Waals surface area contributed by atoms with Gasteiger partial charge in [0.05, 0.1) is 10.7 Å². The van der Waals surface area contributed by atoms with E-state index in [0.717, 1.165) is 35.5 Å². The van der Waals surface area contributed by atoms with E-state index in [1.165, 1.54) is 0 Å². The van der Waals surface area contributed by atoms with Crippen molar-refractivity contribution in [3.63, 3.8) is 0 Å². The van der Waals surface area contributed by atoms with Crippen LogP contribution in [0.2, 0.25) is 5.02 Å². The van der Waals surface area contributed by atoms with Gasteiger partial charge in [-0.05, 0) is 50.1 Å². The Hall–Kier alpha value is -2.33. The number of nitrogens with zero attached hydrogens (tertiary/aromatic N) is 2. The van der Waals surface area contributed by atoms with Gasteiger partial charge in [0, 0.05) is 30.5 Å². The number of hydrogen-bond donors (Lipinski definition) is 1. The third kappa shape index (κ3) is 4.64. The van der Waals surface area contributed by atoms with Crippen molar-refractivity contribution in [2.45, 2.75) is 40.0 Å². The molecule has 0 aliphatic rings. The van der Waals surface area contributed by atoms with Crippen molar-refractivity contribution in [1.29, 1.82) is 5.41 Å². The molecule has 0 aliphatic heterocycles. The van der Waals surface area contributed by atoms with Crippen LogP contribution in [0.15, 0.2) is 48.8 Å². The summed E-state index contributed by atoms with van der Waals surface area (Å²) in [6.07, 6.45) is 4.14. The number of rotatable bonds is 8. The van der Waals surface area contributed by atoms with Crippen LogP contribution in [0.3, 0.4) is 0 Å². The Morgan fingerprint density at radius 2 is 2.04 bits per heavy atom. The van der Waals surface area contributed by atoms with Gasteiger partial charge in [-0.15, -0.1) is 0 Å². The molecule has 0 spiro atoms. The van der Waals surface area contributed by atoms with Crippen LogP contribution >= 0.6 is 11.6 Å². The van der Waals surface area contributed by atoms with E-state index in [-0.39, 0.29) is 5.78 Å². The van der Waals surface area contributed by atoms with Gasteiger partial charge in [-0.25, -0.2) is 0 Å². The third-order valence-electron chi connectivity index (χ3n) is 4.28. The van der Waals surface area contributed by atoms with E-state index in [0.29, 0.717) is 23.5 Å². The highest BCUT2D eigenvalue weighted by Gasteiger charge is 2.16. The van der Waals surface area contributed by atoms with Crippen LogP contribution in [0.25, 0.3) is 5.69 Å². The van der Waals surface area contributed by atoms with Gasteiger partial charge in [0.2, 0.25) is 0 Å². The number of aromatic nitrogens is 1. The zero-order valence-electron chi connectivity index (χ0n) is 15.7. The zero-order chi connectivity index (χ0) is 19.3. The maximum Gasteiger partial charge on any atom is 0.131 e. The lowest BCUT2D eigenvalue weighted by Gasteiger charge is -2.29. The van der Waals surface area contributed by atoms with Gasteiger partial charge < -0.3 is 9.47 Å². The predicted molar refractivity (Wildman–Crippen MR) is 108 cm³/mol. The Bertz CT molecular complexity index is 870. The average Bonchev–Trinajstić information content (AvgIpc) is 2.58. The van der Waals surface area contributed by atoms with Gasteiger partial charge >= 0.3 is 0 Å². The fraction of sp³-hybridized carbons (Fsp3) is 0.333. The Morgan fingerprint density at radius 3 is 2.65 bits per heavy atom. The number of nitrogens with one attached hydrogen (secondary N) is 1. The van der Waals surface area contributed by atoms with E-state index >= 15 is 0 Å². The van der Waals surface area contributed by atoms with Crippen LogP contribution in [-0.2, 0) is 4.79 Å². The molecule has 0 saturated heterocycles. The first-order chi connectivity index (χ1) is 12.3. The third-order valence-corrected chi connectivity index (χ3v) is 4.59. The number of halogens is 1. The molecule has 4 nitrogen and oxygen atoms in total. The van der Waals surface area contributed by atoms with E-state index < -0.39 is 0 Å². The molecule has 2 rings (SSSR count). The van der Waals surface area contributed by atoms with E-state index in [4.69, 9.17) is 17.0 Å². The molecule has 0 aliphatic carbocycles. The Balaban J connectivity index is 2.48. The molecule has 26 heavy (non-hydrogen) atoms. The summed E-state index contributed by atoms with van der Waals surface area (Å²) in [4.78, 5) is 13.6. The highest BCUT2D eigenvalue weighted by Crippen LogP contribution is 2.32. The number of allylic oxidation sites excluding steroid dienone is 1. The summed E-state index contributed by atoms with van der Waals surface area (Å²) in [5, 5.41) is 8.65. The van der Waals surface area contributed by atoms with Gasteiger partial charge in [-0.1, -0.05) is 37.6 Å². The first kappa shape index (κ1) is 20.0. The summed E-state index contributed by atoms with van der Waals surface area (Å²) >= 11 is 6.57. The first-order valence-corrected chi connectivity index (χ1v) is 9.20.